The van der Waals surface area contributed by atoms with Crippen molar-refractivity contribution < 1.29 is 0 Å². The molecule has 0 spiro atoms. The van der Waals surface area contributed by atoms with E-state index in [9.17, 15) is 4.79 Å². The van der Waals surface area contributed by atoms with E-state index in [-0.39, 0.29) is 11.6 Å². The Labute approximate surface area is 117 Å². The lowest BCUT2D eigenvalue weighted by molar-refractivity contribution is 0.120. The number of nitrogens with two attached hydrogens (primary N) is 1. The zero-order chi connectivity index (χ0) is 14.1. The number of piperidine rings is 1. The van der Waals surface area contributed by atoms with Crippen molar-refractivity contribution in [3.05, 3.63) is 34.6 Å². The minimum atomic E-state index is -0.0950. The van der Waals surface area contributed by atoms with Crippen LogP contribution in [0.15, 0.2) is 29.1 Å². The van der Waals surface area contributed by atoms with Gasteiger partial charge in [0.15, 0.2) is 0 Å². The molecule has 1 aromatic carbocycles. The van der Waals surface area contributed by atoms with Gasteiger partial charge in [-0.1, -0.05) is 24.3 Å². The highest BCUT2D eigenvalue weighted by molar-refractivity contribution is 5.76. The van der Waals surface area contributed by atoms with Crippen molar-refractivity contribution in [1.82, 2.24) is 19.9 Å². The maximum Gasteiger partial charge on any atom is 0.278 e. The molecule has 1 fully saturated rings. The van der Waals surface area contributed by atoms with Gasteiger partial charge in [-0.05, 0) is 24.5 Å². The van der Waals surface area contributed by atoms with Crippen molar-refractivity contribution in [3.63, 3.8) is 0 Å². The summed E-state index contributed by atoms with van der Waals surface area (Å²) in [5, 5.41) is 8.73. The summed E-state index contributed by atoms with van der Waals surface area (Å²) in [6.45, 7) is 4.37. The molecule has 1 aliphatic heterocycles. The van der Waals surface area contributed by atoms with E-state index in [1.165, 1.54) is 4.68 Å². The summed E-state index contributed by atoms with van der Waals surface area (Å²) < 4.78 is 1.42. The zero-order valence-corrected chi connectivity index (χ0v) is 11.6. The van der Waals surface area contributed by atoms with Crippen LogP contribution in [0.3, 0.4) is 0 Å². The Kier molecular flexibility index (Phi) is 3.50. The first-order valence-electron chi connectivity index (χ1n) is 6.94. The SMILES string of the molecule is CC1CC(N)CN(Cn2nnc3ccccc3c2=O)C1. The third-order valence-electron chi connectivity index (χ3n) is 3.73. The van der Waals surface area contributed by atoms with Crippen LogP contribution in [-0.4, -0.2) is 39.0 Å². The Bertz CT molecular complexity index is 658. The van der Waals surface area contributed by atoms with E-state index in [1.54, 1.807) is 12.1 Å². The molecule has 1 saturated heterocycles. The normalized spacial score (nSPS) is 24.1. The van der Waals surface area contributed by atoms with Gasteiger partial charge in [-0.25, -0.2) is 0 Å². The maximum atomic E-state index is 12.4. The largest absolute Gasteiger partial charge is 0.327 e. The quantitative estimate of drug-likeness (QED) is 0.858. The molecule has 106 valence electrons. The summed E-state index contributed by atoms with van der Waals surface area (Å²) in [4.78, 5) is 14.5. The van der Waals surface area contributed by atoms with Crippen molar-refractivity contribution >= 4 is 10.9 Å². The van der Waals surface area contributed by atoms with Crippen molar-refractivity contribution in [2.75, 3.05) is 13.1 Å². The molecule has 2 heterocycles. The van der Waals surface area contributed by atoms with Crippen molar-refractivity contribution in [1.29, 1.82) is 0 Å². The topological polar surface area (TPSA) is 77.0 Å². The number of likely N-dealkylation sites (tertiary alicyclic amines) is 1. The van der Waals surface area contributed by atoms with E-state index in [4.69, 9.17) is 5.73 Å². The lowest BCUT2D eigenvalue weighted by Gasteiger charge is -2.34. The fourth-order valence-corrected chi connectivity index (χ4v) is 2.93. The van der Waals surface area contributed by atoms with Crippen LogP contribution >= 0.6 is 0 Å². The molecule has 6 nitrogen and oxygen atoms in total. The number of hydrogen-bond acceptors (Lipinski definition) is 5. The molecule has 2 unspecified atom stereocenters. The molecule has 1 aliphatic rings. The summed E-state index contributed by atoms with van der Waals surface area (Å²) in [5.74, 6) is 0.544. The first kappa shape index (κ1) is 13.2. The molecule has 2 atom stereocenters. The van der Waals surface area contributed by atoms with E-state index in [0.717, 1.165) is 19.5 Å². The fraction of sp³-hybridized carbons (Fsp3) is 0.500. The predicted molar refractivity (Wildman–Crippen MR) is 77.1 cm³/mol. The minimum absolute atomic E-state index is 0.0950. The monoisotopic (exact) mass is 273 g/mol. The fourth-order valence-electron chi connectivity index (χ4n) is 2.93. The molecule has 0 saturated carbocycles. The van der Waals surface area contributed by atoms with Crippen LogP contribution in [0, 0.1) is 5.92 Å². The number of hydrogen-bond donors (Lipinski definition) is 1. The Morgan fingerprint density at radius 1 is 1.35 bits per heavy atom. The van der Waals surface area contributed by atoms with E-state index in [2.05, 4.69) is 22.1 Å². The molecular weight excluding hydrogens is 254 g/mol. The van der Waals surface area contributed by atoms with E-state index in [1.807, 2.05) is 12.1 Å². The maximum absolute atomic E-state index is 12.4. The Morgan fingerprint density at radius 3 is 2.95 bits per heavy atom. The number of fused-ring (bicyclic) bond motifs is 1. The molecule has 0 bridgehead atoms. The average Bonchev–Trinajstić information content (AvgIpc) is 2.41. The third kappa shape index (κ3) is 2.57. The molecule has 6 heteroatoms. The molecule has 2 N–H and O–H groups in total. The second-order valence-electron chi connectivity index (χ2n) is 5.69. The van der Waals surface area contributed by atoms with E-state index >= 15 is 0 Å². The van der Waals surface area contributed by atoms with Gasteiger partial charge in [-0.3, -0.25) is 9.69 Å². The average molecular weight is 273 g/mol. The number of aromatic nitrogens is 3. The van der Waals surface area contributed by atoms with Crippen LogP contribution in [0.1, 0.15) is 13.3 Å². The summed E-state index contributed by atoms with van der Waals surface area (Å²) in [7, 11) is 0. The number of rotatable bonds is 2. The summed E-state index contributed by atoms with van der Waals surface area (Å²) >= 11 is 0. The third-order valence-corrected chi connectivity index (χ3v) is 3.73. The van der Waals surface area contributed by atoms with Crippen LogP contribution < -0.4 is 11.3 Å². The van der Waals surface area contributed by atoms with Gasteiger partial charge in [0.25, 0.3) is 5.56 Å². The van der Waals surface area contributed by atoms with Gasteiger partial charge in [0, 0.05) is 19.1 Å². The summed E-state index contributed by atoms with van der Waals surface area (Å²) in [6, 6.07) is 7.45. The first-order valence-corrected chi connectivity index (χ1v) is 6.94. The van der Waals surface area contributed by atoms with E-state index in [0.29, 0.717) is 23.5 Å². The molecular formula is C14H19N5O. The van der Waals surface area contributed by atoms with Crippen LogP contribution in [0.25, 0.3) is 10.9 Å². The van der Waals surface area contributed by atoms with Crippen molar-refractivity contribution in [3.8, 4) is 0 Å². The van der Waals surface area contributed by atoms with Crippen LogP contribution in [-0.2, 0) is 6.67 Å². The second-order valence-corrected chi connectivity index (χ2v) is 5.69. The molecule has 0 radical (unpaired) electrons. The first-order chi connectivity index (χ1) is 9.63. The van der Waals surface area contributed by atoms with Gasteiger partial charge in [0.2, 0.25) is 0 Å². The molecule has 1 aromatic heterocycles. The van der Waals surface area contributed by atoms with Gasteiger partial charge >= 0.3 is 0 Å². The Hall–Kier alpha value is -1.79. The van der Waals surface area contributed by atoms with Crippen molar-refractivity contribution in [2.24, 2.45) is 11.7 Å². The molecule has 0 amide bonds. The Balaban J connectivity index is 1.87. The highest BCUT2D eigenvalue weighted by atomic mass is 16.1. The summed E-state index contributed by atoms with van der Waals surface area (Å²) in [6.07, 6.45) is 1.04. The van der Waals surface area contributed by atoms with E-state index < -0.39 is 0 Å². The lowest BCUT2D eigenvalue weighted by Crippen LogP contribution is -2.48. The van der Waals surface area contributed by atoms with Crippen LogP contribution in [0.5, 0.6) is 0 Å². The minimum Gasteiger partial charge on any atom is -0.327 e. The van der Waals surface area contributed by atoms with Crippen LogP contribution in [0.2, 0.25) is 0 Å². The lowest BCUT2D eigenvalue weighted by atomic mass is 9.97. The van der Waals surface area contributed by atoms with Crippen LogP contribution in [0.4, 0.5) is 0 Å². The standard InChI is InChI=1S/C14H19N5O/c1-10-6-11(15)8-18(7-10)9-19-14(20)12-4-2-3-5-13(12)16-17-19/h2-5,10-11H,6-9,15H2,1H3. The van der Waals surface area contributed by atoms with Crippen molar-refractivity contribution in [2.45, 2.75) is 26.1 Å². The molecule has 0 aliphatic carbocycles. The zero-order valence-electron chi connectivity index (χ0n) is 11.6. The molecule has 20 heavy (non-hydrogen) atoms. The Morgan fingerprint density at radius 2 is 2.15 bits per heavy atom. The summed E-state index contributed by atoms with van der Waals surface area (Å²) in [5.41, 5.74) is 6.57. The number of benzene rings is 1. The van der Waals surface area contributed by atoms with Gasteiger partial charge in [-0.15, -0.1) is 5.10 Å². The van der Waals surface area contributed by atoms with Gasteiger partial charge in [0.1, 0.15) is 5.52 Å². The van der Waals surface area contributed by atoms with Gasteiger partial charge in [-0.2, -0.15) is 4.68 Å². The number of nitrogens with zero attached hydrogens (tertiary/aromatic N) is 4. The van der Waals surface area contributed by atoms with Gasteiger partial charge < -0.3 is 5.73 Å². The highest BCUT2D eigenvalue weighted by Gasteiger charge is 2.22. The molecule has 2 aromatic rings. The molecule has 3 rings (SSSR count). The highest BCUT2D eigenvalue weighted by Crippen LogP contribution is 2.15. The second kappa shape index (κ2) is 5.30. The predicted octanol–water partition coefficient (Wildman–Crippen LogP) is 0.418. The smallest absolute Gasteiger partial charge is 0.278 e. The van der Waals surface area contributed by atoms with Gasteiger partial charge in [0.05, 0.1) is 12.1 Å².